The maximum Gasteiger partial charge on any atom is 0.401 e. The minimum atomic E-state index is -4.17. The van der Waals surface area contributed by atoms with Gasteiger partial charge in [0, 0.05) is 6.04 Å². The van der Waals surface area contributed by atoms with Crippen LogP contribution in [0.2, 0.25) is 0 Å². The lowest BCUT2D eigenvalue weighted by Gasteiger charge is -2.28. The predicted molar refractivity (Wildman–Crippen MR) is 64.6 cm³/mol. The SMILES string of the molecule is CCN(CC(F)(F)F)C(C)Cc1ccc(O)cc1. The summed E-state index contributed by atoms with van der Waals surface area (Å²) in [5.74, 6) is 0.161. The van der Waals surface area contributed by atoms with E-state index in [9.17, 15) is 13.2 Å². The molecule has 5 heteroatoms. The van der Waals surface area contributed by atoms with Gasteiger partial charge in [-0.05, 0) is 37.6 Å². The number of benzene rings is 1. The van der Waals surface area contributed by atoms with Crippen LogP contribution < -0.4 is 0 Å². The van der Waals surface area contributed by atoms with Crippen molar-refractivity contribution in [3.63, 3.8) is 0 Å². The van der Waals surface area contributed by atoms with Crippen LogP contribution in [0.1, 0.15) is 19.4 Å². The van der Waals surface area contributed by atoms with E-state index >= 15 is 0 Å². The lowest BCUT2D eigenvalue weighted by Crippen LogP contribution is -2.41. The van der Waals surface area contributed by atoms with Gasteiger partial charge in [0.15, 0.2) is 0 Å². The van der Waals surface area contributed by atoms with Gasteiger partial charge >= 0.3 is 6.18 Å². The van der Waals surface area contributed by atoms with Crippen molar-refractivity contribution in [1.29, 1.82) is 0 Å². The van der Waals surface area contributed by atoms with Crippen LogP contribution in [0.5, 0.6) is 5.75 Å². The van der Waals surface area contributed by atoms with Crippen LogP contribution in [0.15, 0.2) is 24.3 Å². The molecule has 0 bridgehead atoms. The van der Waals surface area contributed by atoms with Crippen molar-refractivity contribution in [2.75, 3.05) is 13.1 Å². The van der Waals surface area contributed by atoms with Crippen molar-refractivity contribution >= 4 is 0 Å². The third-order valence-corrected chi connectivity index (χ3v) is 2.88. The molecule has 0 aliphatic carbocycles. The number of nitrogens with zero attached hydrogens (tertiary/aromatic N) is 1. The van der Waals surface area contributed by atoms with E-state index in [0.717, 1.165) is 5.56 Å². The molecule has 0 aliphatic heterocycles. The molecule has 0 spiro atoms. The molecule has 1 aromatic carbocycles. The Morgan fingerprint density at radius 2 is 1.78 bits per heavy atom. The van der Waals surface area contributed by atoms with E-state index in [1.54, 1.807) is 38.1 Å². The summed E-state index contributed by atoms with van der Waals surface area (Å²) in [5.41, 5.74) is 0.918. The van der Waals surface area contributed by atoms with Gasteiger partial charge < -0.3 is 5.11 Å². The van der Waals surface area contributed by atoms with Crippen molar-refractivity contribution in [2.24, 2.45) is 0 Å². The van der Waals surface area contributed by atoms with E-state index in [-0.39, 0.29) is 11.8 Å². The van der Waals surface area contributed by atoms with E-state index in [4.69, 9.17) is 5.11 Å². The number of rotatable bonds is 5. The summed E-state index contributed by atoms with van der Waals surface area (Å²) in [7, 11) is 0. The molecule has 102 valence electrons. The van der Waals surface area contributed by atoms with Crippen molar-refractivity contribution in [3.8, 4) is 5.75 Å². The van der Waals surface area contributed by atoms with Gasteiger partial charge in [-0.1, -0.05) is 19.1 Å². The monoisotopic (exact) mass is 261 g/mol. The van der Waals surface area contributed by atoms with Crippen molar-refractivity contribution in [2.45, 2.75) is 32.5 Å². The molecule has 2 nitrogen and oxygen atoms in total. The van der Waals surface area contributed by atoms with E-state index in [1.165, 1.54) is 4.90 Å². The number of hydrogen-bond donors (Lipinski definition) is 1. The Morgan fingerprint density at radius 3 is 2.22 bits per heavy atom. The summed E-state index contributed by atoms with van der Waals surface area (Å²) in [6.07, 6.45) is -3.64. The highest BCUT2D eigenvalue weighted by Gasteiger charge is 2.31. The summed E-state index contributed by atoms with van der Waals surface area (Å²) in [6, 6.07) is 6.35. The average Bonchev–Trinajstić information content (AvgIpc) is 2.27. The minimum absolute atomic E-state index is 0.161. The average molecular weight is 261 g/mol. The molecule has 1 rings (SSSR count). The second kappa shape index (κ2) is 6.09. The first-order valence-electron chi connectivity index (χ1n) is 5.90. The van der Waals surface area contributed by atoms with Crippen LogP contribution in [0.25, 0.3) is 0 Å². The fraction of sp³-hybridized carbons (Fsp3) is 0.538. The van der Waals surface area contributed by atoms with Gasteiger partial charge in [-0.3, -0.25) is 4.90 Å². The Kier molecular flexibility index (Phi) is 5.02. The van der Waals surface area contributed by atoms with E-state index in [1.807, 2.05) is 0 Å². The number of phenols is 1. The molecule has 0 heterocycles. The largest absolute Gasteiger partial charge is 0.508 e. The standard InChI is InChI=1S/C13H18F3NO/c1-3-17(9-13(14,15)16)10(2)8-11-4-6-12(18)7-5-11/h4-7,10,18H,3,8-9H2,1-2H3. The predicted octanol–water partition coefficient (Wildman–Crippen LogP) is 3.21. The first-order chi connectivity index (χ1) is 8.31. The highest BCUT2D eigenvalue weighted by atomic mass is 19.4. The van der Waals surface area contributed by atoms with Crippen molar-refractivity contribution < 1.29 is 18.3 Å². The molecule has 0 aromatic heterocycles. The summed E-state index contributed by atoms with van der Waals surface area (Å²) < 4.78 is 37.1. The lowest BCUT2D eigenvalue weighted by molar-refractivity contribution is -0.149. The summed E-state index contributed by atoms with van der Waals surface area (Å²) in [4.78, 5) is 1.40. The number of hydrogen-bond acceptors (Lipinski definition) is 2. The molecular weight excluding hydrogens is 243 g/mol. The molecule has 18 heavy (non-hydrogen) atoms. The lowest BCUT2D eigenvalue weighted by atomic mass is 10.1. The maximum absolute atomic E-state index is 12.4. The fourth-order valence-corrected chi connectivity index (χ4v) is 1.91. The Labute approximate surface area is 105 Å². The van der Waals surface area contributed by atoms with Crippen LogP contribution in [0.3, 0.4) is 0 Å². The number of alkyl halides is 3. The Bertz CT molecular complexity index is 361. The number of likely N-dealkylation sites (N-methyl/N-ethyl adjacent to an activating group) is 1. The second-order valence-electron chi connectivity index (χ2n) is 4.40. The summed E-state index contributed by atoms with van der Waals surface area (Å²) >= 11 is 0. The van der Waals surface area contributed by atoms with Crippen LogP contribution in [-0.2, 0) is 6.42 Å². The van der Waals surface area contributed by atoms with Crippen LogP contribution in [0.4, 0.5) is 13.2 Å². The third kappa shape index (κ3) is 4.96. The van der Waals surface area contributed by atoms with Gasteiger partial charge in [-0.2, -0.15) is 13.2 Å². The molecule has 0 amide bonds. The highest BCUT2D eigenvalue weighted by Crippen LogP contribution is 2.19. The molecule has 0 radical (unpaired) electrons. The van der Waals surface area contributed by atoms with Gasteiger partial charge in [0.05, 0.1) is 6.54 Å². The molecule has 0 fully saturated rings. The van der Waals surface area contributed by atoms with Gasteiger partial charge in [0.25, 0.3) is 0 Å². The number of phenolic OH excluding ortho intramolecular Hbond substituents is 1. The van der Waals surface area contributed by atoms with Crippen molar-refractivity contribution in [3.05, 3.63) is 29.8 Å². The van der Waals surface area contributed by atoms with Gasteiger partial charge in [0.2, 0.25) is 0 Å². The van der Waals surface area contributed by atoms with Crippen LogP contribution in [0, 0.1) is 0 Å². The zero-order chi connectivity index (χ0) is 13.8. The Balaban J connectivity index is 2.62. The zero-order valence-electron chi connectivity index (χ0n) is 10.5. The molecule has 0 aliphatic rings. The van der Waals surface area contributed by atoms with Gasteiger partial charge in [-0.25, -0.2) is 0 Å². The van der Waals surface area contributed by atoms with Crippen molar-refractivity contribution in [1.82, 2.24) is 4.90 Å². The van der Waals surface area contributed by atoms with E-state index < -0.39 is 12.7 Å². The van der Waals surface area contributed by atoms with Gasteiger partial charge in [0.1, 0.15) is 5.75 Å². The summed E-state index contributed by atoms with van der Waals surface area (Å²) in [5, 5.41) is 9.14. The molecule has 1 atom stereocenters. The molecule has 1 N–H and O–H groups in total. The van der Waals surface area contributed by atoms with Crippen LogP contribution >= 0.6 is 0 Å². The molecule has 0 saturated heterocycles. The number of aromatic hydroxyl groups is 1. The molecule has 1 aromatic rings. The van der Waals surface area contributed by atoms with Crippen LogP contribution in [-0.4, -0.2) is 35.3 Å². The highest BCUT2D eigenvalue weighted by molar-refractivity contribution is 5.26. The molecule has 1 unspecified atom stereocenters. The van der Waals surface area contributed by atoms with E-state index in [2.05, 4.69) is 0 Å². The fourth-order valence-electron chi connectivity index (χ4n) is 1.91. The van der Waals surface area contributed by atoms with E-state index in [0.29, 0.717) is 13.0 Å². The Hall–Kier alpha value is -1.23. The minimum Gasteiger partial charge on any atom is -0.508 e. The topological polar surface area (TPSA) is 23.5 Å². The normalized spacial score (nSPS) is 13.9. The van der Waals surface area contributed by atoms with Gasteiger partial charge in [-0.15, -0.1) is 0 Å². The maximum atomic E-state index is 12.4. The molecular formula is C13H18F3NO. The summed E-state index contributed by atoms with van der Waals surface area (Å²) in [6.45, 7) is 2.97. The first-order valence-corrected chi connectivity index (χ1v) is 5.90. The first kappa shape index (κ1) is 14.8. The zero-order valence-corrected chi connectivity index (χ0v) is 10.5. The quantitative estimate of drug-likeness (QED) is 0.879. The Morgan fingerprint density at radius 1 is 1.22 bits per heavy atom. The number of halogens is 3. The molecule has 0 saturated carbocycles. The second-order valence-corrected chi connectivity index (χ2v) is 4.40. The smallest absolute Gasteiger partial charge is 0.401 e. The third-order valence-electron chi connectivity index (χ3n) is 2.88.